The van der Waals surface area contributed by atoms with Gasteiger partial charge in [0, 0.05) is 23.6 Å². The number of carboxylic acids is 1. The van der Waals surface area contributed by atoms with Crippen LogP contribution in [-0.4, -0.2) is 35.6 Å². The van der Waals surface area contributed by atoms with E-state index in [2.05, 4.69) is 10.3 Å². The minimum atomic E-state index is -0.904. The molecule has 0 fully saturated rings. The second kappa shape index (κ2) is 7.38. The molecule has 0 spiro atoms. The number of aromatic nitrogens is 1. The van der Waals surface area contributed by atoms with Gasteiger partial charge in [0.25, 0.3) is 0 Å². The highest BCUT2D eigenvalue weighted by molar-refractivity contribution is 5.90. The molecule has 1 aromatic heterocycles. The van der Waals surface area contributed by atoms with Gasteiger partial charge in [-0.1, -0.05) is 13.8 Å². The number of ether oxygens (including phenoxy) is 1. The molecule has 6 heteroatoms. The van der Waals surface area contributed by atoms with Gasteiger partial charge in [-0.25, -0.2) is 0 Å². The molecule has 0 aliphatic heterocycles. The molecule has 0 radical (unpaired) electrons. The van der Waals surface area contributed by atoms with Crippen molar-refractivity contribution in [2.75, 3.05) is 13.7 Å². The van der Waals surface area contributed by atoms with Gasteiger partial charge in [0.1, 0.15) is 5.75 Å². The summed E-state index contributed by atoms with van der Waals surface area (Å²) in [5.74, 6) is -0.332. The lowest BCUT2D eigenvalue weighted by Crippen LogP contribution is -2.42. The van der Waals surface area contributed by atoms with Crippen LogP contribution in [0.4, 0.5) is 0 Å². The van der Waals surface area contributed by atoms with E-state index in [9.17, 15) is 14.7 Å². The minimum absolute atomic E-state index is 0.139. The number of methoxy groups -OCH3 is 1. The first-order chi connectivity index (χ1) is 11.5. The highest BCUT2D eigenvalue weighted by Crippen LogP contribution is 2.26. The summed E-state index contributed by atoms with van der Waals surface area (Å²) in [6.45, 7) is 3.80. The fourth-order valence-corrected chi connectivity index (χ4v) is 2.81. The number of carbonyl (C=O) groups excluding carboxylic acids is 1. The third-order valence-corrected chi connectivity index (χ3v) is 4.76. The largest absolute Gasteiger partial charge is 0.497 e. The third-order valence-electron chi connectivity index (χ3n) is 4.76. The van der Waals surface area contributed by atoms with E-state index in [1.807, 2.05) is 32.0 Å². The van der Waals surface area contributed by atoms with Crippen LogP contribution in [0.3, 0.4) is 0 Å². The van der Waals surface area contributed by atoms with Crippen LogP contribution in [0.25, 0.3) is 10.9 Å². The average molecular weight is 332 g/mol. The summed E-state index contributed by atoms with van der Waals surface area (Å²) in [5.41, 5.74) is 0.884. The van der Waals surface area contributed by atoms with Crippen LogP contribution < -0.4 is 10.1 Å². The number of aromatic amines is 1. The van der Waals surface area contributed by atoms with E-state index in [1.165, 1.54) is 0 Å². The van der Waals surface area contributed by atoms with Crippen molar-refractivity contribution in [1.82, 2.24) is 10.3 Å². The molecule has 0 aliphatic carbocycles. The summed E-state index contributed by atoms with van der Waals surface area (Å²) in [4.78, 5) is 26.9. The number of hydrogen-bond donors (Lipinski definition) is 3. The summed E-state index contributed by atoms with van der Waals surface area (Å²) in [6, 6.07) is 5.64. The molecule has 6 nitrogen and oxygen atoms in total. The number of benzene rings is 1. The molecule has 0 unspecified atom stereocenters. The second-order valence-corrected chi connectivity index (χ2v) is 5.97. The third kappa shape index (κ3) is 3.53. The first kappa shape index (κ1) is 17.8. The molecule has 0 saturated heterocycles. The van der Waals surface area contributed by atoms with Crippen LogP contribution in [0.15, 0.2) is 24.4 Å². The van der Waals surface area contributed by atoms with Gasteiger partial charge < -0.3 is 20.1 Å². The molecule has 1 heterocycles. The molecule has 2 rings (SSSR count). The number of carbonyl (C=O) groups is 2. The summed E-state index contributed by atoms with van der Waals surface area (Å²) in [6.07, 6.45) is 2.94. The Morgan fingerprint density at radius 1 is 1.29 bits per heavy atom. The topological polar surface area (TPSA) is 91.4 Å². The lowest BCUT2D eigenvalue weighted by atomic mass is 9.82. The Labute approximate surface area is 141 Å². The standard InChI is InChI=1S/C18H24N2O4/c1-4-18(5-2,17(22)23)11-20-16(21)8-12-10-19-15-7-6-13(24-3)9-14(12)15/h6-7,9-10,19H,4-5,8,11H2,1-3H3,(H,20,21)(H,22,23). The minimum Gasteiger partial charge on any atom is -0.497 e. The van der Waals surface area contributed by atoms with E-state index < -0.39 is 11.4 Å². The van der Waals surface area contributed by atoms with Crippen molar-refractivity contribution in [3.05, 3.63) is 30.0 Å². The number of fused-ring (bicyclic) bond motifs is 1. The van der Waals surface area contributed by atoms with Crippen molar-refractivity contribution in [2.24, 2.45) is 5.41 Å². The number of amides is 1. The molecule has 0 atom stereocenters. The molecule has 1 amide bonds. The summed E-state index contributed by atoms with van der Waals surface area (Å²) < 4.78 is 5.22. The van der Waals surface area contributed by atoms with Crippen LogP contribution >= 0.6 is 0 Å². The summed E-state index contributed by atoms with van der Waals surface area (Å²) >= 11 is 0. The monoisotopic (exact) mass is 332 g/mol. The van der Waals surface area contributed by atoms with Gasteiger partial charge in [0.15, 0.2) is 0 Å². The van der Waals surface area contributed by atoms with Gasteiger partial charge in [0.2, 0.25) is 5.91 Å². The average Bonchev–Trinajstić information content (AvgIpc) is 2.98. The van der Waals surface area contributed by atoms with Crippen molar-refractivity contribution >= 4 is 22.8 Å². The predicted octanol–water partition coefficient (Wildman–Crippen LogP) is 2.73. The molecule has 0 aliphatic rings. The molecular weight excluding hydrogens is 308 g/mol. The molecular formula is C18H24N2O4. The fraction of sp³-hybridized carbons (Fsp3) is 0.444. The van der Waals surface area contributed by atoms with Crippen molar-refractivity contribution < 1.29 is 19.4 Å². The predicted molar refractivity (Wildman–Crippen MR) is 92.2 cm³/mol. The Bertz CT molecular complexity index is 732. The number of rotatable bonds is 8. The van der Waals surface area contributed by atoms with E-state index in [0.717, 1.165) is 22.2 Å². The van der Waals surface area contributed by atoms with Gasteiger partial charge in [-0.15, -0.1) is 0 Å². The van der Waals surface area contributed by atoms with Crippen molar-refractivity contribution in [3.8, 4) is 5.75 Å². The van der Waals surface area contributed by atoms with Gasteiger partial charge in [-0.05, 0) is 36.6 Å². The second-order valence-electron chi connectivity index (χ2n) is 5.97. The van der Waals surface area contributed by atoms with E-state index in [0.29, 0.717) is 12.8 Å². The maximum absolute atomic E-state index is 12.3. The van der Waals surface area contributed by atoms with Crippen LogP contribution in [0, 0.1) is 5.41 Å². The van der Waals surface area contributed by atoms with Crippen LogP contribution in [0.2, 0.25) is 0 Å². The van der Waals surface area contributed by atoms with Crippen molar-refractivity contribution in [3.63, 3.8) is 0 Å². The quantitative estimate of drug-likeness (QED) is 0.693. The van der Waals surface area contributed by atoms with Crippen LogP contribution in [0.5, 0.6) is 5.75 Å². The number of H-pyrrole nitrogens is 1. The summed E-state index contributed by atoms with van der Waals surface area (Å²) in [7, 11) is 1.60. The van der Waals surface area contributed by atoms with Gasteiger partial charge in [0.05, 0.1) is 18.9 Å². The lowest BCUT2D eigenvalue weighted by Gasteiger charge is -2.26. The van der Waals surface area contributed by atoms with E-state index in [1.54, 1.807) is 13.3 Å². The highest BCUT2D eigenvalue weighted by atomic mass is 16.5. The first-order valence-electron chi connectivity index (χ1n) is 8.10. The number of aliphatic carboxylic acids is 1. The first-order valence-corrected chi connectivity index (χ1v) is 8.10. The highest BCUT2D eigenvalue weighted by Gasteiger charge is 2.35. The molecule has 24 heavy (non-hydrogen) atoms. The number of nitrogens with one attached hydrogen (secondary N) is 2. The zero-order chi connectivity index (χ0) is 17.7. The van der Waals surface area contributed by atoms with Gasteiger partial charge >= 0.3 is 5.97 Å². The molecule has 0 saturated carbocycles. The van der Waals surface area contributed by atoms with Crippen LogP contribution in [0.1, 0.15) is 32.3 Å². The number of carboxylic acid groups (broad SMARTS) is 1. The summed E-state index contributed by atoms with van der Waals surface area (Å²) in [5, 5.41) is 13.1. The Balaban J connectivity index is 2.09. The molecule has 0 bridgehead atoms. The van der Waals surface area contributed by atoms with Crippen molar-refractivity contribution in [1.29, 1.82) is 0 Å². The van der Waals surface area contributed by atoms with Gasteiger partial charge in [-0.3, -0.25) is 9.59 Å². The number of hydrogen-bond acceptors (Lipinski definition) is 3. The molecule has 2 aromatic rings. The smallest absolute Gasteiger partial charge is 0.311 e. The van der Waals surface area contributed by atoms with E-state index in [-0.39, 0.29) is 18.9 Å². The fourth-order valence-electron chi connectivity index (χ4n) is 2.81. The van der Waals surface area contributed by atoms with Crippen LogP contribution in [-0.2, 0) is 16.0 Å². The molecule has 3 N–H and O–H groups in total. The Morgan fingerprint density at radius 3 is 2.58 bits per heavy atom. The van der Waals surface area contributed by atoms with E-state index in [4.69, 9.17) is 4.74 Å². The SMILES string of the molecule is CCC(CC)(CNC(=O)Cc1c[nH]c2ccc(OC)cc12)C(=O)O. The lowest BCUT2D eigenvalue weighted by molar-refractivity contribution is -0.149. The molecule has 130 valence electrons. The molecule has 1 aromatic carbocycles. The van der Waals surface area contributed by atoms with E-state index >= 15 is 0 Å². The Kier molecular flexibility index (Phi) is 5.49. The van der Waals surface area contributed by atoms with Crippen molar-refractivity contribution in [2.45, 2.75) is 33.1 Å². The normalized spacial score (nSPS) is 11.5. The van der Waals surface area contributed by atoms with Gasteiger partial charge in [-0.2, -0.15) is 0 Å². The zero-order valence-corrected chi connectivity index (χ0v) is 14.3. The Hall–Kier alpha value is -2.50. The maximum atomic E-state index is 12.3. The Morgan fingerprint density at radius 2 is 2.00 bits per heavy atom. The maximum Gasteiger partial charge on any atom is 0.311 e. The zero-order valence-electron chi connectivity index (χ0n) is 14.3.